The second kappa shape index (κ2) is 7.76. The zero-order chi connectivity index (χ0) is 17.8. The Hall–Kier alpha value is -2.25. The Bertz CT molecular complexity index is 742. The van der Waals surface area contributed by atoms with E-state index in [1.54, 1.807) is 23.5 Å². The number of carbonyl (C=O) groups is 1. The average molecular weight is 360 g/mol. The summed E-state index contributed by atoms with van der Waals surface area (Å²) in [6, 6.07) is 10.3. The molecule has 2 heterocycles. The Labute approximate surface area is 150 Å². The molecule has 1 fully saturated rings. The van der Waals surface area contributed by atoms with Gasteiger partial charge in [-0.1, -0.05) is 18.2 Å². The number of hydrogen-bond donors (Lipinski definition) is 2. The van der Waals surface area contributed by atoms with Gasteiger partial charge < -0.3 is 10.2 Å². The summed E-state index contributed by atoms with van der Waals surface area (Å²) in [7, 11) is 0. The molecule has 7 heteroatoms. The topological polar surface area (TPSA) is 76.7 Å². The number of benzene rings is 1. The molecule has 1 aliphatic heterocycles. The lowest BCUT2D eigenvalue weighted by Gasteiger charge is -2.29. The fourth-order valence-electron chi connectivity index (χ4n) is 3.60. The van der Waals surface area contributed by atoms with Crippen molar-refractivity contribution >= 4 is 22.9 Å². The molecule has 0 spiro atoms. The molecule has 6 nitrogen and oxygen atoms in total. The maximum atomic E-state index is 12.6. The fraction of sp³-hybridized carbons (Fsp3) is 0.389. The predicted molar refractivity (Wildman–Crippen MR) is 97.0 cm³/mol. The van der Waals surface area contributed by atoms with Crippen molar-refractivity contribution in [2.24, 2.45) is 0 Å². The van der Waals surface area contributed by atoms with Crippen molar-refractivity contribution in [2.75, 3.05) is 13.1 Å². The van der Waals surface area contributed by atoms with Gasteiger partial charge in [-0.25, -0.2) is 0 Å². The molecule has 0 radical (unpaired) electrons. The summed E-state index contributed by atoms with van der Waals surface area (Å²) >= 11 is 1.70. The zero-order valence-electron chi connectivity index (χ0n) is 14.1. The number of hydrogen-bond acceptors (Lipinski definition) is 4. The van der Waals surface area contributed by atoms with Crippen molar-refractivity contribution in [1.29, 1.82) is 0 Å². The van der Waals surface area contributed by atoms with E-state index in [0.29, 0.717) is 0 Å². The van der Waals surface area contributed by atoms with Crippen molar-refractivity contribution in [3.63, 3.8) is 0 Å². The van der Waals surface area contributed by atoms with Crippen LogP contribution in [0.5, 0.6) is 0 Å². The molecular formula is C18H22N3O3S+. The minimum Gasteiger partial charge on any atom is -0.343 e. The number of thiophene rings is 1. The number of nitro benzene ring substituents is 1. The number of quaternary nitrogens is 1. The van der Waals surface area contributed by atoms with Crippen molar-refractivity contribution in [3.05, 3.63) is 62.3 Å². The molecule has 1 aromatic heterocycles. The molecule has 0 saturated carbocycles. The summed E-state index contributed by atoms with van der Waals surface area (Å²) in [6.45, 7) is 4.17. The summed E-state index contributed by atoms with van der Waals surface area (Å²) in [5, 5.41) is 16.2. The van der Waals surface area contributed by atoms with E-state index in [1.807, 2.05) is 13.0 Å². The Morgan fingerprint density at radius 2 is 1.96 bits per heavy atom. The molecule has 0 aliphatic carbocycles. The van der Waals surface area contributed by atoms with Gasteiger partial charge in [0.2, 0.25) is 0 Å². The van der Waals surface area contributed by atoms with E-state index in [0.717, 1.165) is 13.1 Å². The molecule has 2 aromatic rings. The first kappa shape index (κ1) is 17.6. The standard InChI is InChI=1S/C18H21N3O3S/c1-13(17(16-9-6-12-25-16)20-10-4-5-11-20)19-18(22)14-7-2-3-8-15(14)21(23)24/h2-3,6-9,12-13,17H,4-5,10-11H2,1H3,(H,19,22)/p+1/t13-,17+/m0/s1. The van der Waals surface area contributed by atoms with Gasteiger partial charge in [-0.05, 0) is 24.4 Å². The van der Waals surface area contributed by atoms with Gasteiger partial charge in [-0.15, -0.1) is 11.3 Å². The van der Waals surface area contributed by atoms with Crippen LogP contribution in [0.1, 0.15) is 41.0 Å². The highest BCUT2D eigenvalue weighted by Crippen LogP contribution is 2.22. The van der Waals surface area contributed by atoms with E-state index >= 15 is 0 Å². The van der Waals surface area contributed by atoms with Crippen LogP contribution in [0, 0.1) is 10.1 Å². The second-order valence-corrected chi connectivity index (χ2v) is 7.37. The summed E-state index contributed by atoms with van der Waals surface area (Å²) in [5.74, 6) is -0.389. The highest BCUT2D eigenvalue weighted by atomic mass is 32.1. The van der Waals surface area contributed by atoms with E-state index in [2.05, 4.69) is 16.8 Å². The van der Waals surface area contributed by atoms with Crippen LogP contribution in [0.4, 0.5) is 5.69 Å². The SMILES string of the molecule is C[C@H](NC(=O)c1ccccc1[N+](=O)[O-])[C@H](c1cccs1)[NH+]1CCCC1. The average Bonchev–Trinajstić information content (AvgIpc) is 3.29. The molecule has 2 N–H and O–H groups in total. The van der Waals surface area contributed by atoms with Crippen molar-refractivity contribution < 1.29 is 14.6 Å². The van der Waals surface area contributed by atoms with Crippen molar-refractivity contribution in [2.45, 2.75) is 31.8 Å². The van der Waals surface area contributed by atoms with Crippen LogP contribution in [0.25, 0.3) is 0 Å². The van der Waals surface area contributed by atoms with Crippen LogP contribution < -0.4 is 10.2 Å². The van der Waals surface area contributed by atoms with Crippen LogP contribution in [0.2, 0.25) is 0 Å². The molecule has 132 valence electrons. The van der Waals surface area contributed by atoms with E-state index < -0.39 is 4.92 Å². The van der Waals surface area contributed by atoms with Crippen LogP contribution in [-0.2, 0) is 0 Å². The largest absolute Gasteiger partial charge is 0.343 e. The molecule has 1 saturated heterocycles. The summed E-state index contributed by atoms with van der Waals surface area (Å²) in [4.78, 5) is 26.0. The number of nitrogens with zero attached hydrogens (tertiary/aromatic N) is 1. The second-order valence-electron chi connectivity index (χ2n) is 6.39. The lowest BCUT2D eigenvalue weighted by molar-refractivity contribution is -0.920. The predicted octanol–water partition coefficient (Wildman–Crippen LogP) is 2.19. The smallest absolute Gasteiger partial charge is 0.282 e. The van der Waals surface area contributed by atoms with Crippen LogP contribution >= 0.6 is 11.3 Å². The minimum atomic E-state index is -0.512. The molecular weight excluding hydrogens is 338 g/mol. The number of amides is 1. The highest BCUT2D eigenvalue weighted by Gasteiger charge is 2.34. The Morgan fingerprint density at radius 3 is 2.60 bits per heavy atom. The van der Waals surface area contributed by atoms with Crippen molar-refractivity contribution in [1.82, 2.24) is 5.32 Å². The molecule has 1 amide bonds. The monoisotopic (exact) mass is 360 g/mol. The number of likely N-dealkylation sites (tertiary alicyclic amines) is 1. The number of nitro groups is 1. The van der Waals surface area contributed by atoms with Crippen LogP contribution in [0.3, 0.4) is 0 Å². The Morgan fingerprint density at radius 1 is 1.24 bits per heavy atom. The number of nitrogens with one attached hydrogen (secondary N) is 2. The minimum absolute atomic E-state index is 0.112. The quantitative estimate of drug-likeness (QED) is 0.612. The van der Waals surface area contributed by atoms with E-state index in [4.69, 9.17) is 0 Å². The first-order valence-corrected chi connectivity index (χ1v) is 9.38. The van der Waals surface area contributed by atoms with Gasteiger partial charge in [0.25, 0.3) is 11.6 Å². The van der Waals surface area contributed by atoms with E-state index in [9.17, 15) is 14.9 Å². The van der Waals surface area contributed by atoms with Gasteiger partial charge in [0.15, 0.2) is 0 Å². The summed E-state index contributed by atoms with van der Waals surface area (Å²) in [6.07, 6.45) is 2.39. The maximum absolute atomic E-state index is 12.6. The normalized spacial score (nSPS) is 17.2. The lowest BCUT2D eigenvalue weighted by Crippen LogP contribution is -3.11. The van der Waals surface area contributed by atoms with E-state index in [1.165, 1.54) is 34.8 Å². The highest BCUT2D eigenvalue weighted by molar-refractivity contribution is 7.10. The number of para-hydroxylation sites is 1. The van der Waals surface area contributed by atoms with Gasteiger partial charge >= 0.3 is 0 Å². The van der Waals surface area contributed by atoms with Gasteiger partial charge in [0.1, 0.15) is 11.6 Å². The molecule has 0 unspecified atom stereocenters. The van der Waals surface area contributed by atoms with Gasteiger partial charge in [-0.3, -0.25) is 14.9 Å². The lowest BCUT2D eigenvalue weighted by atomic mass is 10.1. The van der Waals surface area contributed by atoms with Gasteiger partial charge in [-0.2, -0.15) is 0 Å². The van der Waals surface area contributed by atoms with Gasteiger partial charge in [0.05, 0.1) is 28.9 Å². The first-order chi connectivity index (χ1) is 12.1. The maximum Gasteiger partial charge on any atom is 0.282 e. The molecule has 1 aliphatic rings. The summed E-state index contributed by atoms with van der Waals surface area (Å²) < 4.78 is 0. The third kappa shape index (κ3) is 3.88. The Kier molecular flexibility index (Phi) is 5.45. The third-order valence-corrected chi connectivity index (χ3v) is 5.69. The van der Waals surface area contributed by atoms with Gasteiger partial charge in [0, 0.05) is 18.9 Å². The molecule has 25 heavy (non-hydrogen) atoms. The molecule has 1 aromatic carbocycles. The van der Waals surface area contributed by atoms with Crippen LogP contribution in [-0.4, -0.2) is 30.0 Å². The molecule has 3 rings (SSSR count). The molecule has 2 atom stereocenters. The fourth-order valence-corrected chi connectivity index (χ4v) is 4.59. The third-order valence-electron chi connectivity index (χ3n) is 4.74. The zero-order valence-corrected chi connectivity index (χ0v) is 14.9. The first-order valence-electron chi connectivity index (χ1n) is 8.50. The van der Waals surface area contributed by atoms with Crippen molar-refractivity contribution in [3.8, 4) is 0 Å². The van der Waals surface area contributed by atoms with E-state index in [-0.39, 0.29) is 29.2 Å². The summed E-state index contributed by atoms with van der Waals surface area (Å²) in [5.41, 5.74) is -0.0471. The Balaban J connectivity index is 1.80. The molecule has 0 bridgehead atoms. The number of rotatable bonds is 6. The number of carbonyl (C=O) groups excluding carboxylic acids is 1. The van der Waals surface area contributed by atoms with Crippen LogP contribution in [0.15, 0.2) is 41.8 Å².